The molecule has 0 unspecified atom stereocenters. The molecule has 1 aliphatic carbocycles. The van der Waals surface area contributed by atoms with Crippen molar-refractivity contribution in [3.63, 3.8) is 0 Å². The van der Waals surface area contributed by atoms with Crippen molar-refractivity contribution in [3.8, 4) is 34.1 Å². The van der Waals surface area contributed by atoms with E-state index in [1.54, 1.807) is 14.2 Å². The fourth-order valence-electron chi connectivity index (χ4n) is 4.29. The number of benzene rings is 2. The molecule has 2 aliphatic rings. The Labute approximate surface area is 153 Å². The first-order valence-electron chi connectivity index (χ1n) is 8.76. The summed E-state index contributed by atoms with van der Waals surface area (Å²) in [6.45, 7) is 1.05. The monoisotopic (exact) mass is 356 g/mol. The first kappa shape index (κ1) is 17.0. The van der Waals surface area contributed by atoms with Crippen LogP contribution in [0.5, 0.6) is 23.0 Å². The minimum absolute atomic E-state index is 0.0866. The van der Waals surface area contributed by atoms with E-state index in [1.165, 1.54) is 11.1 Å². The Morgan fingerprint density at radius 1 is 1.15 bits per heavy atom. The van der Waals surface area contributed by atoms with Gasteiger partial charge in [-0.05, 0) is 60.3 Å². The van der Waals surface area contributed by atoms with Crippen LogP contribution in [0.4, 0.5) is 0 Å². The summed E-state index contributed by atoms with van der Waals surface area (Å²) in [5.74, 6) is 1.95. The third kappa shape index (κ3) is 2.40. The molecule has 6 heteroatoms. The first-order chi connectivity index (χ1) is 12.6. The lowest BCUT2D eigenvalue weighted by Crippen LogP contribution is -2.35. The maximum atomic E-state index is 10.5. The summed E-state index contributed by atoms with van der Waals surface area (Å²) in [6, 6.07) is 6.05. The van der Waals surface area contributed by atoms with Crippen molar-refractivity contribution in [2.75, 3.05) is 34.5 Å². The smallest absolute Gasteiger partial charge is 0.168 e. The number of hydrogen-bond acceptors (Lipinski definition) is 6. The van der Waals surface area contributed by atoms with Gasteiger partial charge in [0.25, 0.3) is 0 Å². The van der Waals surface area contributed by atoms with Gasteiger partial charge in [0.2, 0.25) is 0 Å². The molecule has 3 N–H and O–H groups in total. The van der Waals surface area contributed by atoms with Gasteiger partial charge >= 0.3 is 0 Å². The number of likely N-dealkylation sites (N-methyl/N-ethyl adjacent to an activating group) is 1. The Hall–Kier alpha value is -2.44. The van der Waals surface area contributed by atoms with Crippen LogP contribution in [0.25, 0.3) is 11.1 Å². The molecule has 6 nitrogen and oxygen atoms in total. The van der Waals surface area contributed by atoms with Crippen molar-refractivity contribution in [1.29, 1.82) is 0 Å². The summed E-state index contributed by atoms with van der Waals surface area (Å²) in [7, 11) is 5.35. The van der Waals surface area contributed by atoms with E-state index in [0.717, 1.165) is 36.1 Å². The summed E-state index contributed by atoms with van der Waals surface area (Å²) in [4.78, 5) is 2.36. The average molecular weight is 356 g/mol. The van der Waals surface area contributed by atoms with E-state index in [4.69, 9.17) is 19.9 Å². The number of ether oxygens (including phenoxy) is 3. The molecule has 0 aromatic heterocycles. The van der Waals surface area contributed by atoms with Crippen LogP contribution in [-0.4, -0.2) is 44.5 Å². The van der Waals surface area contributed by atoms with Gasteiger partial charge in [0, 0.05) is 18.2 Å². The van der Waals surface area contributed by atoms with E-state index < -0.39 is 0 Å². The minimum atomic E-state index is 0.0866. The number of rotatable bonds is 4. The van der Waals surface area contributed by atoms with Crippen LogP contribution in [0.3, 0.4) is 0 Å². The Kier molecular flexibility index (Phi) is 4.17. The lowest BCUT2D eigenvalue weighted by atomic mass is 9.76. The summed E-state index contributed by atoms with van der Waals surface area (Å²) in [5.41, 5.74) is 11.1. The first-order valence-corrected chi connectivity index (χ1v) is 8.76. The normalized spacial score (nSPS) is 18.1. The van der Waals surface area contributed by atoms with Crippen LogP contribution >= 0.6 is 0 Å². The Bertz CT molecular complexity index is 866. The van der Waals surface area contributed by atoms with E-state index in [1.807, 2.05) is 18.2 Å². The van der Waals surface area contributed by atoms with Crippen molar-refractivity contribution >= 4 is 0 Å². The Balaban J connectivity index is 2.02. The second kappa shape index (κ2) is 6.37. The number of phenols is 1. The van der Waals surface area contributed by atoms with Crippen molar-refractivity contribution in [3.05, 3.63) is 34.9 Å². The zero-order valence-electron chi connectivity index (χ0n) is 15.3. The van der Waals surface area contributed by atoms with Crippen LogP contribution in [0, 0.1) is 0 Å². The van der Waals surface area contributed by atoms with Gasteiger partial charge in [-0.3, -0.25) is 10.6 Å². The van der Waals surface area contributed by atoms with Crippen LogP contribution in [0.15, 0.2) is 18.2 Å². The second-order valence-electron chi connectivity index (χ2n) is 6.80. The second-order valence-corrected chi connectivity index (χ2v) is 6.80. The van der Waals surface area contributed by atoms with Gasteiger partial charge < -0.3 is 19.3 Å². The van der Waals surface area contributed by atoms with Crippen molar-refractivity contribution in [2.24, 2.45) is 5.73 Å². The van der Waals surface area contributed by atoms with E-state index >= 15 is 0 Å². The highest BCUT2D eigenvalue weighted by molar-refractivity contribution is 5.84. The van der Waals surface area contributed by atoms with Crippen LogP contribution in [-0.2, 0) is 12.8 Å². The van der Waals surface area contributed by atoms with Gasteiger partial charge in [0.1, 0.15) is 6.73 Å². The maximum absolute atomic E-state index is 10.5. The predicted molar refractivity (Wildman–Crippen MR) is 99.1 cm³/mol. The fraction of sp³-hybridized carbons (Fsp3) is 0.400. The number of hydrogen-bond donors (Lipinski definition) is 2. The third-order valence-electron chi connectivity index (χ3n) is 5.50. The molecule has 138 valence electrons. The summed E-state index contributed by atoms with van der Waals surface area (Å²) < 4.78 is 16.7. The zero-order valence-corrected chi connectivity index (χ0v) is 15.3. The molecule has 26 heavy (non-hydrogen) atoms. The van der Waals surface area contributed by atoms with E-state index in [-0.39, 0.29) is 18.5 Å². The molecule has 0 fully saturated rings. The number of nitrogens with zero attached hydrogens (tertiary/aromatic N) is 1. The molecular formula is C20H24N2O4. The molecule has 4 rings (SSSR count). The SMILES string of the molecule is COc1cc2c(cc1OCN)C[C@@H]1c3c(cc(O)c(OC)c3-2)CCN1C. The number of phenolic OH excluding ortho intramolecular Hbond substituents is 1. The van der Waals surface area contributed by atoms with Crippen molar-refractivity contribution in [2.45, 2.75) is 18.9 Å². The molecule has 1 aliphatic heterocycles. The predicted octanol–water partition coefficient (Wildman–Crippen LogP) is 2.46. The van der Waals surface area contributed by atoms with Crippen molar-refractivity contribution < 1.29 is 19.3 Å². The highest BCUT2D eigenvalue weighted by Crippen LogP contribution is 2.53. The van der Waals surface area contributed by atoms with E-state index in [2.05, 4.69) is 11.9 Å². The average Bonchev–Trinajstić information content (AvgIpc) is 2.64. The molecular weight excluding hydrogens is 332 g/mol. The largest absolute Gasteiger partial charge is 0.504 e. The number of nitrogens with two attached hydrogens (primary N) is 1. The van der Waals surface area contributed by atoms with Crippen LogP contribution in [0.1, 0.15) is 22.7 Å². The molecule has 0 spiro atoms. The number of methoxy groups -OCH3 is 2. The van der Waals surface area contributed by atoms with Gasteiger partial charge in [-0.25, -0.2) is 0 Å². The maximum Gasteiger partial charge on any atom is 0.168 e. The third-order valence-corrected chi connectivity index (χ3v) is 5.50. The summed E-state index contributed by atoms with van der Waals surface area (Å²) in [6.07, 6.45) is 1.78. The molecule has 0 saturated carbocycles. The number of aromatic hydroxyl groups is 1. The Morgan fingerprint density at radius 3 is 2.65 bits per heavy atom. The zero-order chi connectivity index (χ0) is 18.4. The van der Waals surface area contributed by atoms with Crippen LogP contribution in [0.2, 0.25) is 0 Å². The highest BCUT2D eigenvalue weighted by Gasteiger charge is 2.36. The van der Waals surface area contributed by atoms with E-state index in [0.29, 0.717) is 17.2 Å². The molecule has 0 bridgehead atoms. The fourth-order valence-corrected chi connectivity index (χ4v) is 4.29. The van der Waals surface area contributed by atoms with Gasteiger partial charge in [0.15, 0.2) is 23.0 Å². The minimum Gasteiger partial charge on any atom is -0.504 e. The topological polar surface area (TPSA) is 77.2 Å². The Morgan fingerprint density at radius 2 is 1.96 bits per heavy atom. The molecule has 2 aromatic rings. The lowest BCUT2D eigenvalue weighted by Gasteiger charge is -2.40. The molecule has 1 atom stereocenters. The van der Waals surface area contributed by atoms with Crippen LogP contribution < -0.4 is 19.9 Å². The van der Waals surface area contributed by atoms with Gasteiger partial charge in [-0.2, -0.15) is 0 Å². The van der Waals surface area contributed by atoms with Crippen molar-refractivity contribution in [1.82, 2.24) is 4.90 Å². The highest BCUT2D eigenvalue weighted by atomic mass is 16.5. The summed E-state index contributed by atoms with van der Waals surface area (Å²) >= 11 is 0. The molecule has 0 amide bonds. The molecule has 1 heterocycles. The standard InChI is InChI=1S/C20H24N2O4/c1-22-5-4-11-7-15(23)20(25-3)19-13-9-16(24-2)17(26-10-21)8-12(13)6-14(22)18(11)19/h7-9,14,23H,4-6,10,21H2,1-3H3/t14-/m1/s1. The van der Waals surface area contributed by atoms with Gasteiger partial charge in [-0.15, -0.1) is 0 Å². The van der Waals surface area contributed by atoms with Gasteiger partial charge in [0.05, 0.1) is 14.2 Å². The summed E-state index contributed by atoms with van der Waals surface area (Å²) in [5, 5.41) is 10.5. The van der Waals surface area contributed by atoms with E-state index in [9.17, 15) is 5.11 Å². The molecule has 0 radical (unpaired) electrons. The lowest BCUT2D eigenvalue weighted by molar-refractivity contribution is 0.226. The molecule has 0 saturated heterocycles. The number of fused-ring (bicyclic) bond motifs is 2. The van der Waals surface area contributed by atoms with Gasteiger partial charge in [-0.1, -0.05) is 0 Å². The molecule has 2 aromatic carbocycles. The quantitative estimate of drug-likeness (QED) is 0.820.